The third-order valence-electron chi connectivity index (χ3n) is 2.08. The van der Waals surface area contributed by atoms with Crippen LogP contribution in [0.1, 0.15) is 26.3 Å². The molecule has 0 aliphatic carbocycles. The van der Waals surface area contributed by atoms with Crippen LogP contribution in [-0.4, -0.2) is 18.1 Å². The topological polar surface area (TPSA) is 38.3 Å². The Bertz CT molecular complexity index is 410. The van der Waals surface area contributed by atoms with E-state index in [1.807, 2.05) is 45.9 Å². The maximum atomic E-state index is 11.6. The normalized spacial score (nSPS) is 11.4. The van der Waals surface area contributed by atoms with Crippen molar-refractivity contribution >= 4 is 27.5 Å². The van der Waals surface area contributed by atoms with Crippen molar-refractivity contribution in [2.24, 2.45) is 0 Å². The zero-order chi connectivity index (χ0) is 13.1. The second-order valence-corrected chi connectivity index (χ2v) is 5.77. The van der Waals surface area contributed by atoms with Gasteiger partial charge in [-0.25, -0.2) is 0 Å². The monoisotopic (exact) mass is 299 g/mol. The van der Waals surface area contributed by atoms with Gasteiger partial charge in [0.1, 0.15) is 6.61 Å². The summed E-state index contributed by atoms with van der Waals surface area (Å²) in [6.07, 6.45) is 0. The van der Waals surface area contributed by atoms with Crippen LogP contribution in [0.3, 0.4) is 0 Å². The Hall–Kier alpha value is -0.870. The largest absolute Gasteiger partial charge is 0.366 e. The second kappa shape index (κ2) is 5.65. The highest BCUT2D eigenvalue weighted by Gasteiger charge is 2.13. The number of carbonyl (C=O) groups excluding carboxylic acids is 1. The minimum absolute atomic E-state index is 0.0681. The summed E-state index contributed by atoms with van der Waals surface area (Å²) in [6, 6.07) is 5.68. The van der Waals surface area contributed by atoms with Crippen molar-refractivity contribution < 1.29 is 9.53 Å². The Morgan fingerprint density at radius 2 is 2.06 bits per heavy atom. The molecule has 1 aromatic carbocycles. The molecule has 0 heterocycles. The number of rotatable bonds is 3. The lowest BCUT2D eigenvalue weighted by atomic mass is 10.2. The summed E-state index contributed by atoms with van der Waals surface area (Å²) in [5, 5.41) is 2.80. The van der Waals surface area contributed by atoms with Crippen LogP contribution in [0.25, 0.3) is 0 Å². The third-order valence-corrected chi connectivity index (χ3v) is 2.97. The molecule has 3 nitrogen and oxygen atoms in total. The Labute approximate surface area is 111 Å². The number of ether oxygens (including phenoxy) is 1. The molecule has 0 fully saturated rings. The Morgan fingerprint density at radius 3 is 2.59 bits per heavy atom. The third kappa shape index (κ3) is 5.33. The minimum atomic E-state index is -0.299. The van der Waals surface area contributed by atoms with Crippen LogP contribution in [0, 0.1) is 6.92 Å². The maximum absolute atomic E-state index is 11.6. The van der Waals surface area contributed by atoms with Crippen LogP contribution in [0.2, 0.25) is 0 Å². The lowest BCUT2D eigenvalue weighted by Crippen LogP contribution is -2.27. The van der Waals surface area contributed by atoms with Gasteiger partial charge in [-0.05, 0) is 51.5 Å². The van der Waals surface area contributed by atoms with Crippen molar-refractivity contribution in [3.63, 3.8) is 0 Å². The number of benzene rings is 1. The van der Waals surface area contributed by atoms with Gasteiger partial charge in [-0.1, -0.05) is 15.9 Å². The average molecular weight is 300 g/mol. The molecular weight excluding hydrogens is 282 g/mol. The molecule has 1 N–H and O–H groups in total. The first-order valence-electron chi connectivity index (χ1n) is 5.48. The van der Waals surface area contributed by atoms with Crippen molar-refractivity contribution in [2.45, 2.75) is 33.3 Å². The Balaban J connectivity index is 2.54. The number of amides is 1. The molecule has 0 aliphatic rings. The first-order chi connectivity index (χ1) is 7.78. The van der Waals surface area contributed by atoms with Crippen molar-refractivity contribution in [1.82, 2.24) is 0 Å². The highest BCUT2D eigenvalue weighted by atomic mass is 79.9. The molecule has 1 amide bonds. The summed E-state index contributed by atoms with van der Waals surface area (Å²) in [4.78, 5) is 11.6. The molecule has 94 valence electrons. The van der Waals surface area contributed by atoms with Crippen molar-refractivity contribution in [3.05, 3.63) is 28.2 Å². The summed E-state index contributed by atoms with van der Waals surface area (Å²) in [5.41, 5.74) is 1.57. The molecular formula is C13H18BrNO2. The fraction of sp³-hybridized carbons (Fsp3) is 0.462. The maximum Gasteiger partial charge on any atom is 0.250 e. The van der Waals surface area contributed by atoms with Crippen LogP contribution >= 0.6 is 15.9 Å². The number of nitrogens with one attached hydrogen (secondary N) is 1. The molecule has 1 rings (SSSR count). The number of anilines is 1. The zero-order valence-corrected chi connectivity index (χ0v) is 12.2. The highest BCUT2D eigenvalue weighted by molar-refractivity contribution is 9.10. The van der Waals surface area contributed by atoms with Gasteiger partial charge < -0.3 is 10.1 Å². The standard InChI is InChI=1S/C13H18BrNO2/c1-9-7-10(5-6-11(9)14)15-12(16)8-17-13(2,3)4/h5-7H,8H2,1-4H3,(H,15,16). The lowest BCUT2D eigenvalue weighted by molar-refractivity contribution is -0.125. The van der Waals surface area contributed by atoms with Gasteiger partial charge in [-0.3, -0.25) is 4.79 Å². The summed E-state index contributed by atoms with van der Waals surface area (Å²) in [5.74, 6) is -0.137. The minimum Gasteiger partial charge on any atom is -0.366 e. The summed E-state index contributed by atoms with van der Waals surface area (Å²) in [6.45, 7) is 7.81. The van der Waals surface area contributed by atoms with E-state index in [4.69, 9.17) is 4.74 Å². The zero-order valence-electron chi connectivity index (χ0n) is 10.6. The molecule has 17 heavy (non-hydrogen) atoms. The number of carbonyl (C=O) groups is 1. The van der Waals surface area contributed by atoms with Gasteiger partial charge >= 0.3 is 0 Å². The summed E-state index contributed by atoms with van der Waals surface area (Å²) >= 11 is 3.42. The van der Waals surface area contributed by atoms with E-state index in [-0.39, 0.29) is 18.1 Å². The van der Waals surface area contributed by atoms with Crippen LogP contribution < -0.4 is 5.32 Å². The molecule has 0 saturated heterocycles. The van der Waals surface area contributed by atoms with Gasteiger partial charge in [0.25, 0.3) is 0 Å². The molecule has 0 radical (unpaired) electrons. The van der Waals surface area contributed by atoms with E-state index in [9.17, 15) is 4.79 Å². The SMILES string of the molecule is Cc1cc(NC(=O)COC(C)(C)C)ccc1Br. The van der Waals surface area contributed by atoms with Crippen molar-refractivity contribution in [1.29, 1.82) is 0 Å². The molecule has 4 heteroatoms. The first kappa shape index (κ1) is 14.2. The van der Waals surface area contributed by atoms with E-state index >= 15 is 0 Å². The van der Waals surface area contributed by atoms with Crippen LogP contribution in [0.5, 0.6) is 0 Å². The smallest absolute Gasteiger partial charge is 0.250 e. The van der Waals surface area contributed by atoms with Crippen LogP contribution in [0.15, 0.2) is 22.7 Å². The van der Waals surface area contributed by atoms with Gasteiger partial charge in [-0.2, -0.15) is 0 Å². The molecule has 0 saturated carbocycles. The van der Waals surface area contributed by atoms with Crippen LogP contribution in [-0.2, 0) is 9.53 Å². The van der Waals surface area contributed by atoms with Crippen molar-refractivity contribution in [2.75, 3.05) is 11.9 Å². The summed E-state index contributed by atoms with van der Waals surface area (Å²) < 4.78 is 6.43. The van der Waals surface area contributed by atoms with E-state index in [1.54, 1.807) is 0 Å². The quantitative estimate of drug-likeness (QED) is 0.927. The highest BCUT2D eigenvalue weighted by Crippen LogP contribution is 2.20. The fourth-order valence-corrected chi connectivity index (χ4v) is 1.45. The fourth-order valence-electron chi connectivity index (χ4n) is 1.20. The molecule has 0 bridgehead atoms. The van der Waals surface area contributed by atoms with Gasteiger partial charge in [0.2, 0.25) is 5.91 Å². The van der Waals surface area contributed by atoms with Gasteiger partial charge in [0, 0.05) is 10.2 Å². The van der Waals surface area contributed by atoms with Gasteiger partial charge in [-0.15, -0.1) is 0 Å². The molecule has 1 aromatic rings. The van der Waals surface area contributed by atoms with Gasteiger partial charge in [0.15, 0.2) is 0 Å². The number of aryl methyl sites for hydroxylation is 1. The van der Waals surface area contributed by atoms with Crippen molar-refractivity contribution in [3.8, 4) is 0 Å². The summed E-state index contributed by atoms with van der Waals surface area (Å²) in [7, 11) is 0. The predicted octanol–water partition coefficient (Wildman–Crippen LogP) is 3.51. The molecule has 0 atom stereocenters. The van der Waals surface area contributed by atoms with Gasteiger partial charge in [0.05, 0.1) is 5.60 Å². The van der Waals surface area contributed by atoms with E-state index in [0.717, 1.165) is 15.7 Å². The average Bonchev–Trinajstić information content (AvgIpc) is 2.20. The van der Waals surface area contributed by atoms with Crippen LogP contribution in [0.4, 0.5) is 5.69 Å². The van der Waals surface area contributed by atoms with E-state index in [2.05, 4.69) is 21.2 Å². The molecule has 0 spiro atoms. The Kier molecular flexibility index (Phi) is 4.71. The molecule has 0 unspecified atom stereocenters. The second-order valence-electron chi connectivity index (χ2n) is 4.91. The predicted molar refractivity (Wildman–Crippen MR) is 73.2 cm³/mol. The molecule has 0 aliphatic heterocycles. The first-order valence-corrected chi connectivity index (χ1v) is 6.27. The number of hydrogen-bond acceptors (Lipinski definition) is 2. The lowest BCUT2D eigenvalue weighted by Gasteiger charge is -2.19. The number of halogens is 1. The number of hydrogen-bond donors (Lipinski definition) is 1. The Morgan fingerprint density at radius 1 is 1.41 bits per heavy atom. The molecule has 0 aromatic heterocycles. The van der Waals surface area contributed by atoms with E-state index < -0.39 is 0 Å². The van der Waals surface area contributed by atoms with E-state index in [0.29, 0.717) is 0 Å². The van der Waals surface area contributed by atoms with E-state index in [1.165, 1.54) is 0 Å².